The molecule has 6 aromatic rings. The molecule has 4 aromatic heterocycles. The Morgan fingerprint density at radius 1 is 0.672 bits per heavy atom. The molecule has 16 heteroatoms. The molecule has 4 N–H and O–H groups in total. The Bertz CT molecular complexity index is 2350. The summed E-state index contributed by atoms with van der Waals surface area (Å²) in [6.07, 6.45) is 1.94. The van der Waals surface area contributed by atoms with Gasteiger partial charge in [0.2, 0.25) is 11.8 Å². The molecule has 2 aromatic carbocycles. The normalized spacial score (nSPS) is 18.1. The van der Waals surface area contributed by atoms with Gasteiger partial charge in [-0.3, -0.25) is 9.59 Å². The molecule has 4 atom stereocenters. The number of imidazole rings is 2. The van der Waals surface area contributed by atoms with Crippen LogP contribution in [0.1, 0.15) is 77.1 Å². The van der Waals surface area contributed by atoms with Crippen molar-refractivity contribution in [1.82, 2.24) is 40.4 Å². The van der Waals surface area contributed by atoms with Crippen LogP contribution in [-0.2, 0) is 19.1 Å². The molecule has 0 bridgehead atoms. The number of ether oxygens (including phenoxy) is 2. The number of likely N-dealkylation sites (tertiary alicyclic amines) is 2. The Kier molecular flexibility index (Phi) is 10.9. The van der Waals surface area contributed by atoms with Gasteiger partial charge in [-0.05, 0) is 49.7 Å². The number of fused-ring (bicyclic) bond motifs is 3. The van der Waals surface area contributed by atoms with E-state index in [0.29, 0.717) is 13.1 Å². The fraction of sp³-hybridized carbons (Fsp3) is 0.429. The van der Waals surface area contributed by atoms with Crippen molar-refractivity contribution in [3.05, 3.63) is 58.8 Å². The highest BCUT2D eigenvalue weighted by Crippen LogP contribution is 2.47. The third-order valence-corrected chi connectivity index (χ3v) is 13.6. The number of methoxy groups -OCH3 is 2. The number of aromatic nitrogens is 4. The molecule has 2 unspecified atom stereocenters. The van der Waals surface area contributed by atoms with E-state index in [2.05, 4.69) is 43.5 Å². The van der Waals surface area contributed by atoms with Gasteiger partial charge in [-0.25, -0.2) is 19.6 Å². The molecule has 4 amide bonds. The minimum atomic E-state index is -0.708. The maximum Gasteiger partial charge on any atom is 0.407 e. The zero-order valence-corrected chi connectivity index (χ0v) is 35.0. The van der Waals surface area contributed by atoms with Crippen LogP contribution in [0.5, 0.6) is 0 Å². The predicted molar refractivity (Wildman–Crippen MR) is 226 cm³/mol. The lowest BCUT2D eigenvalue weighted by Crippen LogP contribution is -2.51. The number of hydrogen-bond acceptors (Lipinski definition) is 10. The fourth-order valence-corrected chi connectivity index (χ4v) is 10.9. The number of amides is 4. The van der Waals surface area contributed by atoms with Gasteiger partial charge < -0.3 is 39.9 Å². The van der Waals surface area contributed by atoms with Gasteiger partial charge in [-0.2, -0.15) is 0 Å². The van der Waals surface area contributed by atoms with Crippen LogP contribution >= 0.6 is 22.7 Å². The van der Waals surface area contributed by atoms with Crippen molar-refractivity contribution < 1.29 is 28.7 Å². The number of thiophene rings is 2. The smallest absolute Gasteiger partial charge is 0.407 e. The van der Waals surface area contributed by atoms with Gasteiger partial charge >= 0.3 is 12.2 Å². The van der Waals surface area contributed by atoms with Crippen LogP contribution in [-0.4, -0.2) is 93.1 Å². The molecule has 14 nitrogen and oxygen atoms in total. The average Bonchev–Trinajstić information content (AvgIpc) is 4.07. The molecule has 2 saturated heterocycles. The lowest BCUT2D eigenvalue weighted by Gasteiger charge is -2.29. The fourth-order valence-electron chi connectivity index (χ4n) is 8.43. The van der Waals surface area contributed by atoms with Gasteiger partial charge in [-0.1, -0.05) is 52.0 Å². The first kappa shape index (κ1) is 39.4. The molecule has 0 aliphatic carbocycles. The Balaban J connectivity index is 1.09. The molecular formula is C42H48N8O6S2. The second kappa shape index (κ2) is 16.0. The maximum atomic E-state index is 13.8. The van der Waals surface area contributed by atoms with E-state index in [1.54, 1.807) is 22.7 Å². The predicted octanol–water partition coefficient (Wildman–Crippen LogP) is 8.14. The van der Waals surface area contributed by atoms with Crippen molar-refractivity contribution in [2.45, 2.75) is 77.5 Å². The third kappa shape index (κ3) is 7.05. The number of para-hydroxylation sites is 2. The second-order valence-electron chi connectivity index (χ2n) is 15.7. The summed E-state index contributed by atoms with van der Waals surface area (Å²) in [6, 6.07) is 10.4. The van der Waals surface area contributed by atoms with Crippen LogP contribution in [0.4, 0.5) is 9.59 Å². The SMILES string of the molecule is COC(=O)N[C@H](C(=O)N1CCCC1c1nc2c(-c3csc4c(-c5cccc6[nH]c(C7CCCN7C(=O)[C@H](NC(=O)OC)C(C)C)nc56)csc34)cccc2[nH]1)C(C)C. The summed E-state index contributed by atoms with van der Waals surface area (Å²) in [7, 11) is 2.59. The minimum Gasteiger partial charge on any atom is -0.453 e. The highest BCUT2D eigenvalue weighted by molar-refractivity contribution is 7.27. The topological polar surface area (TPSA) is 175 Å². The van der Waals surface area contributed by atoms with E-state index < -0.39 is 24.3 Å². The molecule has 0 spiro atoms. The summed E-state index contributed by atoms with van der Waals surface area (Å²) in [4.78, 5) is 72.9. The number of nitrogens with one attached hydrogen (secondary N) is 4. The largest absolute Gasteiger partial charge is 0.453 e. The van der Waals surface area contributed by atoms with E-state index in [1.165, 1.54) is 14.2 Å². The van der Waals surface area contributed by atoms with Crippen LogP contribution in [0.25, 0.3) is 53.7 Å². The number of aromatic amines is 2. The Morgan fingerprint density at radius 2 is 1.09 bits per heavy atom. The van der Waals surface area contributed by atoms with Gasteiger partial charge in [0, 0.05) is 46.1 Å². The third-order valence-electron chi connectivity index (χ3n) is 11.4. The molecule has 0 radical (unpaired) electrons. The van der Waals surface area contributed by atoms with E-state index in [9.17, 15) is 19.2 Å². The standard InChI is InChI=1S/C42H48N8O6S2/c1-21(2)31(47-41(53)55-5)39(51)49-17-9-15-29(49)37-43-27-13-7-11-23(33(27)45-37)25-19-57-36-26(20-58-35(25)36)24-12-8-14-28-34(24)46-38(44-28)30-16-10-18-50(30)40(52)32(22(3)4)48-42(54)56-6/h7-8,11-14,19-22,29-32H,9-10,15-18H2,1-6H3,(H,43,45)(H,44,46)(H,47,53)(H,48,54)/t29?,30?,31-,32+. The van der Waals surface area contributed by atoms with Crippen LogP contribution in [0, 0.1) is 11.8 Å². The highest BCUT2D eigenvalue weighted by atomic mass is 32.1. The zero-order chi connectivity index (χ0) is 40.8. The molecular weight excluding hydrogens is 777 g/mol. The van der Waals surface area contributed by atoms with Crippen LogP contribution < -0.4 is 10.6 Å². The van der Waals surface area contributed by atoms with Gasteiger partial charge in [0.05, 0.1) is 57.8 Å². The summed E-state index contributed by atoms with van der Waals surface area (Å²) in [5.74, 6) is 0.932. The summed E-state index contributed by atoms with van der Waals surface area (Å²) in [6.45, 7) is 8.80. The molecule has 6 heterocycles. The molecule has 0 saturated carbocycles. The maximum absolute atomic E-state index is 13.8. The number of carbonyl (C=O) groups is 4. The Morgan fingerprint density at radius 3 is 1.47 bits per heavy atom. The van der Waals surface area contributed by atoms with E-state index in [-0.39, 0.29) is 35.7 Å². The van der Waals surface area contributed by atoms with Crippen molar-refractivity contribution in [3.63, 3.8) is 0 Å². The molecule has 304 valence electrons. The first-order valence-corrected chi connectivity index (χ1v) is 21.5. The van der Waals surface area contributed by atoms with E-state index in [1.807, 2.05) is 61.8 Å². The van der Waals surface area contributed by atoms with Crippen molar-refractivity contribution >= 4 is 78.1 Å². The lowest BCUT2D eigenvalue weighted by molar-refractivity contribution is -0.136. The van der Waals surface area contributed by atoms with Crippen molar-refractivity contribution in [2.24, 2.45) is 11.8 Å². The van der Waals surface area contributed by atoms with Crippen LogP contribution in [0.15, 0.2) is 47.2 Å². The highest BCUT2D eigenvalue weighted by Gasteiger charge is 2.39. The Hall–Kier alpha value is -5.48. The summed E-state index contributed by atoms with van der Waals surface area (Å²) >= 11 is 3.38. The zero-order valence-electron chi connectivity index (χ0n) is 33.4. The number of rotatable bonds is 10. The number of hydrogen-bond donors (Lipinski definition) is 4. The second-order valence-corrected chi connectivity index (χ2v) is 17.5. The lowest BCUT2D eigenvalue weighted by atomic mass is 10.0. The minimum absolute atomic E-state index is 0.122. The number of nitrogens with zero attached hydrogens (tertiary/aromatic N) is 4. The number of carbonyl (C=O) groups excluding carboxylic acids is 4. The monoisotopic (exact) mass is 824 g/mol. The van der Waals surface area contributed by atoms with Crippen LogP contribution in [0.3, 0.4) is 0 Å². The number of alkyl carbamates (subject to hydrolysis) is 2. The quantitative estimate of drug-likeness (QED) is 0.107. The van der Waals surface area contributed by atoms with Gasteiger partial charge in [-0.15, -0.1) is 22.7 Å². The van der Waals surface area contributed by atoms with Gasteiger partial charge in [0.25, 0.3) is 0 Å². The Labute approximate surface area is 343 Å². The molecule has 2 aliphatic heterocycles. The van der Waals surface area contributed by atoms with Gasteiger partial charge in [0.15, 0.2) is 0 Å². The first-order valence-electron chi connectivity index (χ1n) is 19.8. The van der Waals surface area contributed by atoms with E-state index in [0.717, 1.165) is 91.1 Å². The summed E-state index contributed by atoms with van der Waals surface area (Å²) < 4.78 is 11.9. The summed E-state index contributed by atoms with van der Waals surface area (Å²) in [5, 5.41) is 9.84. The average molecular weight is 825 g/mol. The number of benzene rings is 2. The van der Waals surface area contributed by atoms with Crippen molar-refractivity contribution in [2.75, 3.05) is 27.3 Å². The van der Waals surface area contributed by atoms with Crippen molar-refractivity contribution in [1.29, 1.82) is 0 Å². The van der Waals surface area contributed by atoms with Crippen LogP contribution in [0.2, 0.25) is 0 Å². The molecule has 2 fully saturated rings. The first-order chi connectivity index (χ1) is 28.0. The van der Waals surface area contributed by atoms with E-state index in [4.69, 9.17) is 19.4 Å². The number of H-pyrrole nitrogens is 2. The molecule has 8 rings (SSSR count). The van der Waals surface area contributed by atoms with Crippen molar-refractivity contribution in [3.8, 4) is 22.3 Å². The van der Waals surface area contributed by atoms with Gasteiger partial charge in [0.1, 0.15) is 23.7 Å². The molecule has 2 aliphatic rings. The van der Waals surface area contributed by atoms with E-state index >= 15 is 0 Å². The summed E-state index contributed by atoms with van der Waals surface area (Å²) in [5.41, 5.74) is 7.68. The molecule has 58 heavy (non-hydrogen) atoms.